The van der Waals surface area contributed by atoms with Crippen LogP contribution in [0.3, 0.4) is 0 Å². The minimum Gasteiger partial charge on any atom is -0.477 e. The van der Waals surface area contributed by atoms with Gasteiger partial charge in [0, 0.05) is 39.3 Å². The van der Waals surface area contributed by atoms with Crippen LogP contribution in [0.1, 0.15) is 6.42 Å². The van der Waals surface area contributed by atoms with Crippen molar-refractivity contribution in [2.24, 2.45) is 0 Å². The largest absolute Gasteiger partial charge is 0.477 e. The number of aliphatic hydroxyl groups excluding tert-OH is 4. The number of amides is 3. The monoisotopic (exact) mass is 645 g/mol. The summed E-state index contributed by atoms with van der Waals surface area (Å²) < 4.78 is 30.3. The first-order valence-electron chi connectivity index (χ1n) is 13.2. The molecule has 1 aliphatic rings. The Hall–Kier alpha value is -2.33. The van der Waals surface area contributed by atoms with Crippen LogP contribution in [0.25, 0.3) is 0 Å². The van der Waals surface area contributed by atoms with Crippen LogP contribution >= 0.6 is 11.8 Å². The molecule has 0 saturated carbocycles. The van der Waals surface area contributed by atoms with Gasteiger partial charge in [-0.2, -0.15) is 11.8 Å². The van der Waals surface area contributed by atoms with Crippen molar-refractivity contribution < 1.29 is 73.1 Å². The molecule has 1 aliphatic heterocycles. The Labute approximate surface area is 252 Å². The molecule has 0 aromatic carbocycles. The number of aliphatic hydroxyl groups is 4. The second-order valence-electron chi connectivity index (χ2n) is 9.17. The van der Waals surface area contributed by atoms with Crippen LogP contribution in [0.4, 0.5) is 4.79 Å². The van der Waals surface area contributed by atoms with Crippen molar-refractivity contribution in [3.05, 3.63) is 0 Å². The lowest BCUT2D eigenvalue weighted by Crippen LogP contribution is -2.68. The van der Waals surface area contributed by atoms with Crippen molar-refractivity contribution in [2.75, 3.05) is 79.0 Å². The Balaban J connectivity index is 2.86. The van der Waals surface area contributed by atoms with Crippen LogP contribution in [-0.2, 0) is 42.8 Å². The van der Waals surface area contributed by atoms with E-state index >= 15 is 0 Å². The van der Waals surface area contributed by atoms with Crippen molar-refractivity contribution >= 4 is 35.6 Å². The third kappa shape index (κ3) is 13.1. The maximum absolute atomic E-state index is 12.9. The Morgan fingerprint density at radius 2 is 1.72 bits per heavy atom. The number of thioether (sulfide) groups is 1. The third-order valence-electron chi connectivity index (χ3n) is 6.11. The van der Waals surface area contributed by atoms with Gasteiger partial charge >= 0.3 is 12.1 Å². The van der Waals surface area contributed by atoms with Gasteiger partial charge in [0.2, 0.25) is 11.8 Å². The lowest BCUT2D eigenvalue weighted by atomic mass is 9.88. The van der Waals surface area contributed by atoms with E-state index in [1.54, 1.807) is 7.11 Å². The normalized spacial score (nSPS) is 23.9. The number of hydrogen-bond donors (Lipinski definition) is 8. The van der Waals surface area contributed by atoms with E-state index in [0.717, 1.165) is 7.11 Å². The highest BCUT2D eigenvalue weighted by molar-refractivity contribution is 7.99. The second kappa shape index (κ2) is 20.6. The van der Waals surface area contributed by atoms with Crippen molar-refractivity contribution in [1.82, 2.24) is 16.0 Å². The van der Waals surface area contributed by atoms with Crippen LogP contribution in [0.15, 0.2) is 0 Å². The van der Waals surface area contributed by atoms with Crippen LogP contribution in [0.2, 0.25) is 0 Å². The highest BCUT2D eigenvalue weighted by Crippen LogP contribution is 2.33. The van der Waals surface area contributed by atoms with Gasteiger partial charge in [0.25, 0.3) is 5.79 Å². The lowest BCUT2D eigenvalue weighted by molar-refractivity contribution is -0.303. The minimum atomic E-state index is -2.42. The number of carboxylic acids is 1. The van der Waals surface area contributed by atoms with E-state index in [1.807, 2.05) is 0 Å². The molecule has 0 aliphatic carbocycles. The number of ether oxygens (including phenoxy) is 6. The maximum Gasteiger partial charge on any atom is 0.407 e. The standard InChI is InChI=1S/C24H43N3O15S/c1-37-4-6-40-8-9-43-13-14(26-23(36)41-7-5-38-2)21(33)25-11-17(31)27-18-15(29)10-24(39-3,22(34)35)42-20(18)19(32)16(30)12-28/h14-16,18-20,28-30,32H,4-13H2,1-3H3,(H,25,33)(H,26,36)(H,27,31)(H,34,35)/t14-,15?,16+,18?,19+,20?,24?/m0/s1. The Kier molecular flexibility index (Phi) is 18.5. The fraction of sp³-hybridized carbons (Fsp3) is 0.833. The predicted molar refractivity (Wildman–Crippen MR) is 147 cm³/mol. The minimum absolute atomic E-state index is 0.0599. The van der Waals surface area contributed by atoms with Crippen LogP contribution in [0.5, 0.6) is 0 Å². The van der Waals surface area contributed by atoms with Gasteiger partial charge in [0.05, 0.1) is 51.7 Å². The predicted octanol–water partition coefficient (Wildman–Crippen LogP) is -3.98. The Morgan fingerprint density at radius 1 is 1.05 bits per heavy atom. The molecule has 0 spiro atoms. The number of methoxy groups -OCH3 is 3. The first kappa shape index (κ1) is 38.7. The third-order valence-corrected chi connectivity index (χ3v) is 7.14. The first-order chi connectivity index (χ1) is 20.5. The van der Waals surface area contributed by atoms with Crippen LogP contribution in [0, 0.1) is 0 Å². The topological polar surface area (TPSA) is 261 Å². The average molecular weight is 646 g/mol. The van der Waals surface area contributed by atoms with Crippen molar-refractivity contribution in [3.8, 4) is 0 Å². The van der Waals surface area contributed by atoms with Gasteiger partial charge in [-0.3, -0.25) is 9.59 Å². The molecule has 19 heteroatoms. The highest BCUT2D eigenvalue weighted by atomic mass is 32.2. The fourth-order valence-electron chi connectivity index (χ4n) is 3.78. The molecule has 0 aromatic rings. The van der Waals surface area contributed by atoms with Gasteiger partial charge in [-0.15, -0.1) is 0 Å². The smallest absolute Gasteiger partial charge is 0.407 e. The molecule has 1 fully saturated rings. The zero-order chi connectivity index (χ0) is 32.4. The van der Waals surface area contributed by atoms with E-state index in [9.17, 15) is 44.7 Å². The molecule has 0 radical (unpaired) electrons. The molecular formula is C24H43N3O15S. The van der Waals surface area contributed by atoms with Gasteiger partial charge in [-0.05, 0) is 0 Å². The average Bonchev–Trinajstić information content (AvgIpc) is 2.98. The van der Waals surface area contributed by atoms with Gasteiger partial charge in [-0.1, -0.05) is 0 Å². The molecule has 0 bridgehead atoms. The number of carbonyl (C=O) groups excluding carboxylic acids is 3. The van der Waals surface area contributed by atoms with E-state index in [2.05, 4.69) is 16.0 Å². The summed E-state index contributed by atoms with van der Waals surface area (Å²) in [5.74, 6) is -5.12. The van der Waals surface area contributed by atoms with Gasteiger partial charge in [0.1, 0.15) is 31.0 Å². The van der Waals surface area contributed by atoms with Gasteiger partial charge < -0.3 is 69.9 Å². The second-order valence-corrected chi connectivity index (χ2v) is 10.3. The van der Waals surface area contributed by atoms with Crippen LogP contribution < -0.4 is 16.0 Å². The summed E-state index contributed by atoms with van der Waals surface area (Å²) in [6.45, 7) is -0.359. The summed E-state index contributed by atoms with van der Waals surface area (Å²) in [4.78, 5) is 49.5. The van der Waals surface area contributed by atoms with Crippen LogP contribution in [-0.4, -0.2) is 171 Å². The number of carbonyl (C=O) groups is 4. The lowest BCUT2D eigenvalue weighted by Gasteiger charge is -2.46. The zero-order valence-electron chi connectivity index (χ0n) is 24.3. The molecule has 7 atom stereocenters. The summed E-state index contributed by atoms with van der Waals surface area (Å²) >= 11 is 1.29. The highest BCUT2D eigenvalue weighted by Gasteiger charge is 2.55. The summed E-state index contributed by atoms with van der Waals surface area (Å²) in [5.41, 5.74) is 0. The van der Waals surface area contributed by atoms with E-state index in [0.29, 0.717) is 25.6 Å². The molecule has 250 valence electrons. The molecule has 1 heterocycles. The quantitative estimate of drug-likeness (QED) is 0.0553. The van der Waals surface area contributed by atoms with E-state index in [1.165, 1.54) is 18.9 Å². The van der Waals surface area contributed by atoms with E-state index in [4.69, 9.17) is 28.4 Å². The van der Waals surface area contributed by atoms with Gasteiger partial charge in [0.15, 0.2) is 0 Å². The Bertz CT molecular complexity index is 872. The molecule has 3 amide bonds. The fourth-order valence-corrected chi connectivity index (χ4v) is 4.65. The first-order valence-corrected chi connectivity index (χ1v) is 14.4. The summed E-state index contributed by atoms with van der Waals surface area (Å²) in [5, 5.41) is 57.0. The molecule has 1 rings (SSSR count). The number of alkyl carbamates (subject to hydrolysis) is 1. The number of hydrogen-bond acceptors (Lipinski definition) is 15. The SMILES string of the molecule is COCCOCCSC[C@H](NC(=O)OCCOC)C(=O)NCC(=O)NC1C(O)CC(OC)(C(=O)O)OC1[C@H](O)[C@H](O)CO. The molecule has 18 nitrogen and oxygen atoms in total. The summed E-state index contributed by atoms with van der Waals surface area (Å²) in [7, 11) is 3.95. The number of nitrogens with one attached hydrogen (secondary N) is 3. The zero-order valence-corrected chi connectivity index (χ0v) is 25.1. The van der Waals surface area contributed by atoms with Crippen molar-refractivity contribution in [3.63, 3.8) is 0 Å². The van der Waals surface area contributed by atoms with Crippen molar-refractivity contribution in [1.29, 1.82) is 0 Å². The number of carboxylic acid groups (broad SMARTS) is 1. The molecular weight excluding hydrogens is 602 g/mol. The number of rotatable bonds is 21. The summed E-state index contributed by atoms with van der Waals surface area (Å²) in [6.07, 6.45) is -8.74. The van der Waals surface area contributed by atoms with E-state index in [-0.39, 0.29) is 19.0 Å². The molecule has 0 aromatic heterocycles. The number of aliphatic carboxylic acids is 1. The maximum atomic E-state index is 12.9. The molecule has 43 heavy (non-hydrogen) atoms. The Morgan fingerprint density at radius 3 is 2.33 bits per heavy atom. The molecule has 1 saturated heterocycles. The van der Waals surface area contributed by atoms with Gasteiger partial charge in [-0.25, -0.2) is 9.59 Å². The summed E-state index contributed by atoms with van der Waals surface area (Å²) in [6, 6.07) is -2.61. The van der Waals surface area contributed by atoms with Crippen molar-refractivity contribution in [2.45, 2.75) is 48.7 Å². The van der Waals surface area contributed by atoms with E-state index < -0.39 is 85.7 Å². The molecule has 4 unspecified atom stereocenters. The molecule has 8 N–H and O–H groups in total.